The van der Waals surface area contributed by atoms with Gasteiger partial charge in [-0.3, -0.25) is 4.79 Å². The summed E-state index contributed by atoms with van der Waals surface area (Å²) in [6.45, 7) is 0. The topological polar surface area (TPSA) is 42.0 Å². The average Bonchev–Trinajstić information content (AvgIpc) is 2.70. The maximum absolute atomic E-state index is 12.7. The number of carbonyl (C=O) groups is 1. The number of aromatic nitrogens is 1. The van der Waals surface area contributed by atoms with Gasteiger partial charge in [-0.05, 0) is 24.3 Å². The molecule has 5 heteroatoms. The zero-order valence-electron chi connectivity index (χ0n) is 8.07. The summed E-state index contributed by atoms with van der Waals surface area (Å²) in [5, 5.41) is 2.83. The Hall–Kier alpha value is -1.10. The molecule has 1 unspecified atom stereocenters. The van der Waals surface area contributed by atoms with Gasteiger partial charge in [-0.2, -0.15) is 16.2 Å². The summed E-state index contributed by atoms with van der Waals surface area (Å²) in [4.78, 5) is 15.1. The van der Waals surface area contributed by atoms with Crippen molar-refractivity contribution in [3.63, 3.8) is 0 Å². The summed E-state index contributed by atoms with van der Waals surface area (Å²) in [6.07, 6.45) is 0.978. The van der Waals surface area contributed by atoms with Crippen LogP contribution in [0.3, 0.4) is 0 Å². The number of carbonyl (C=O) groups excluding carboxylic acids is 1. The van der Waals surface area contributed by atoms with Gasteiger partial charge in [-0.1, -0.05) is 6.07 Å². The number of thioether (sulfide) groups is 1. The number of pyridine rings is 1. The molecule has 1 aliphatic rings. The van der Waals surface area contributed by atoms with E-state index in [-0.39, 0.29) is 17.6 Å². The lowest BCUT2D eigenvalue weighted by molar-refractivity contribution is 0.0935. The molecule has 80 valence electrons. The van der Waals surface area contributed by atoms with Crippen LogP contribution in [0.1, 0.15) is 16.9 Å². The number of rotatable bonds is 2. The van der Waals surface area contributed by atoms with E-state index in [1.165, 1.54) is 18.2 Å². The van der Waals surface area contributed by atoms with E-state index in [9.17, 15) is 9.18 Å². The third kappa shape index (κ3) is 2.68. The summed E-state index contributed by atoms with van der Waals surface area (Å²) in [5.41, 5.74) is 0.145. The van der Waals surface area contributed by atoms with Crippen molar-refractivity contribution in [1.29, 1.82) is 0 Å². The van der Waals surface area contributed by atoms with E-state index >= 15 is 0 Å². The van der Waals surface area contributed by atoms with Crippen molar-refractivity contribution in [1.82, 2.24) is 10.3 Å². The Bertz CT molecular complexity index is 366. The van der Waals surface area contributed by atoms with Crippen LogP contribution in [-0.4, -0.2) is 28.4 Å². The molecule has 15 heavy (non-hydrogen) atoms. The van der Waals surface area contributed by atoms with Crippen LogP contribution in [-0.2, 0) is 0 Å². The Kier molecular flexibility index (Phi) is 3.20. The van der Waals surface area contributed by atoms with Crippen molar-refractivity contribution < 1.29 is 9.18 Å². The highest BCUT2D eigenvalue weighted by molar-refractivity contribution is 7.99. The van der Waals surface area contributed by atoms with Gasteiger partial charge in [0.1, 0.15) is 5.69 Å². The predicted octanol–water partition coefficient (Wildman–Crippen LogP) is 1.46. The van der Waals surface area contributed by atoms with Crippen LogP contribution < -0.4 is 5.32 Å². The van der Waals surface area contributed by atoms with Crippen molar-refractivity contribution in [2.75, 3.05) is 11.5 Å². The number of hydrogen-bond donors (Lipinski definition) is 1. The monoisotopic (exact) mass is 226 g/mol. The number of halogens is 1. The lowest BCUT2D eigenvalue weighted by Crippen LogP contribution is -2.35. The lowest BCUT2D eigenvalue weighted by Gasteiger charge is -2.10. The van der Waals surface area contributed by atoms with E-state index < -0.39 is 5.95 Å². The first kappa shape index (κ1) is 10.4. The summed E-state index contributed by atoms with van der Waals surface area (Å²) in [5.74, 6) is 1.09. The molecule has 1 amide bonds. The zero-order chi connectivity index (χ0) is 10.7. The molecule has 1 saturated heterocycles. The van der Waals surface area contributed by atoms with Crippen molar-refractivity contribution in [2.24, 2.45) is 0 Å². The van der Waals surface area contributed by atoms with Gasteiger partial charge in [0.05, 0.1) is 0 Å². The first-order valence-corrected chi connectivity index (χ1v) is 5.92. The summed E-state index contributed by atoms with van der Waals surface area (Å²) in [6, 6.07) is 4.43. The average molecular weight is 226 g/mol. The molecule has 2 heterocycles. The molecule has 1 N–H and O–H groups in total. The fourth-order valence-corrected chi connectivity index (χ4v) is 2.59. The van der Waals surface area contributed by atoms with E-state index in [1.807, 2.05) is 11.8 Å². The van der Waals surface area contributed by atoms with Crippen molar-refractivity contribution in [3.05, 3.63) is 29.8 Å². The van der Waals surface area contributed by atoms with Gasteiger partial charge in [0, 0.05) is 11.8 Å². The number of hydrogen-bond acceptors (Lipinski definition) is 3. The molecule has 1 aliphatic heterocycles. The van der Waals surface area contributed by atoms with Gasteiger partial charge in [-0.15, -0.1) is 0 Å². The summed E-state index contributed by atoms with van der Waals surface area (Å²) < 4.78 is 12.7. The van der Waals surface area contributed by atoms with Gasteiger partial charge in [-0.25, -0.2) is 4.98 Å². The molecule has 0 spiro atoms. The van der Waals surface area contributed by atoms with Crippen molar-refractivity contribution >= 4 is 17.7 Å². The second kappa shape index (κ2) is 4.61. The van der Waals surface area contributed by atoms with Gasteiger partial charge >= 0.3 is 0 Å². The highest BCUT2D eigenvalue weighted by Gasteiger charge is 2.18. The molecule has 0 bridgehead atoms. The molecular formula is C10H11FN2OS. The molecule has 0 aliphatic carbocycles. The molecule has 2 rings (SSSR count). The minimum absolute atomic E-state index is 0.145. The SMILES string of the molecule is O=C(NC1CCSC1)c1cccc(F)n1. The van der Waals surface area contributed by atoms with Crippen LogP contribution in [0, 0.1) is 5.95 Å². The summed E-state index contributed by atoms with van der Waals surface area (Å²) in [7, 11) is 0. The fraction of sp³-hybridized carbons (Fsp3) is 0.400. The molecule has 1 aromatic rings. The largest absolute Gasteiger partial charge is 0.347 e. The van der Waals surface area contributed by atoms with E-state index in [1.54, 1.807) is 0 Å². The Morgan fingerprint density at radius 3 is 3.13 bits per heavy atom. The van der Waals surface area contributed by atoms with Crippen LogP contribution >= 0.6 is 11.8 Å². The molecule has 1 aromatic heterocycles. The normalized spacial score (nSPS) is 20.2. The van der Waals surface area contributed by atoms with E-state index in [2.05, 4.69) is 10.3 Å². The van der Waals surface area contributed by atoms with E-state index in [0.717, 1.165) is 17.9 Å². The van der Waals surface area contributed by atoms with Crippen LogP contribution in [0.2, 0.25) is 0 Å². The molecule has 0 saturated carbocycles. The maximum atomic E-state index is 12.7. The van der Waals surface area contributed by atoms with Gasteiger partial charge < -0.3 is 5.32 Å². The molecule has 1 atom stereocenters. The number of amides is 1. The predicted molar refractivity (Wildman–Crippen MR) is 57.4 cm³/mol. The van der Waals surface area contributed by atoms with E-state index in [0.29, 0.717) is 0 Å². The Balaban J connectivity index is 2.01. The Labute approximate surface area is 91.5 Å². The zero-order valence-corrected chi connectivity index (χ0v) is 8.89. The second-order valence-electron chi connectivity index (χ2n) is 3.38. The van der Waals surface area contributed by atoms with Crippen LogP contribution in [0.5, 0.6) is 0 Å². The third-order valence-electron chi connectivity index (χ3n) is 2.21. The minimum atomic E-state index is -0.622. The highest BCUT2D eigenvalue weighted by Crippen LogP contribution is 2.17. The van der Waals surface area contributed by atoms with Crippen molar-refractivity contribution in [2.45, 2.75) is 12.5 Å². The smallest absolute Gasteiger partial charge is 0.270 e. The first-order valence-electron chi connectivity index (χ1n) is 4.77. The van der Waals surface area contributed by atoms with Crippen LogP contribution in [0.25, 0.3) is 0 Å². The van der Waals surface area contributed by atoms with Crippen LogP contribution in [0.15, 0.2) is 18.2 Å². The molecular weight excluding hydrogens is 215 g/mol. The quantitative estimate of drug-likeness (QED) is 0.776. The number of nitrogens with zero attached hydrogens (tertiary/aromatic N) is 1. The summed E-state index contributed by atoms with van der Waals surface area (Å²) >= 11 is 1.81. The number of nitrogens with one attached hydrogen (secondary N) is 1. The lowest BCUT2D eigenvalue weighted by atomic mass is 10.2. The molecule has 0 aromatic carbocycles. The Morgan fingerprint density at radius 1 is 1.60 bits per heavy atom. The molecule has 3 nitrogen and oxygen atoms in total. The molecule has 1 fully saturated rings. The second-order valence-corrected chi connectivity index (χ2v) is 4.53. The third-order valence-corrected chi connectivity index (χ3v) is 3.38. The van der Waals surface area contributed by atoms with Crippen molar-refractivity contribution in [3.8, 4) is 0 Å². The Morgan fingerprint density at radius 2 is 2.47 bits per heavy atom. The highest BCUT2D eigenvalue weighted by atomic mass is 32.2. The van der Waals surface area contributed by atoms with Crippen LogP contribution in [0.4, 0.5) is 4.39 Å². The standard InChI is InChI=1S/C10H11FN2OS/c11-9-3-1-2-8(13-9)10(14)12-7-4-5-15-6-7/h1-3,7H,4-6H2,(H,12,14). The van der Waals surface area contributed by atoms with Gasteiger partial charge in [0.2, 0.25) is 5.95 Å². The minimum Gasteiger partial charge on any atom is -0.347 e. The fourth-order valence-electron chi connectivity index (χ4n) is 1.44. The van der Waals surface area contributed by atoms with Gasteiger partial charge in [0.25, 0.3) is 5.91 Å². The first-order chi connectivity index (χ1) is 7.25. The molecule has 0 radical (unpaired) electrons. The van der Waals surface area contributed by atoms with Gasteiger partial charge in [0.15, 0.2) is 0 Å². The maximum Gasteiger partial charge on any atom is 0.270 e. The van der Waals surface area contributed by atoms with E-state index in [4.69, 9.17) is 0 Å².